The van der Waals surface area contributed by atoms with Gasteiger partial charge in [-0.15, -0.1) is 13.2 Å². The van der Waals surface area contributed by atoms with Gasteiger partial charge in [-0.2, -0.15) is 9.78 Å². The van der Waals surface area contributed by atoms with Crippen molar-refractivity contribution >= 4 is 16.8 Å². The van der Waals surface area contributed by atoms with E-state index in [1.165, 1.54) is 0 Å². The number of fused-ring (bicyclic) bond motifs is 1. The van der Waals surface area contributed by atoms with Crippen LogP contribution in [0.4, 0.5) is 13.2 Å². The monoisotopic (exact) mass is 511 g/mol. The van der Waals surface area contributed by atoms with E-state index < -0.39 is 12.3 Å². The number of carbonyl (C=O) groups excluding carboxylic acids is 1. The number of nitrogens with zero attached hydrogens (tertiary/aromatic N) is 4. The zero-order chi connectivity index (χ0) is 26.7. The number of alkyl halides is 3. The molecule has 2 aromatic heterocycles. The first-order chi connectivity index (χ1) is 17.5. The summed E-state index contributed by atoms with van der Waals surface area (Å²) in [5, 5.41) is 7.24. The molecule has 4 rings (SSSR count). The highest BCUT2D eigenvalue weighted by Crippen LogP contribution is 2.30. The SMILES string of the molecule is Cc1ccc(OCCN(C)C)cc1C(=O)N[C@H](C)c1cc(-c2cnn(C(F)(F)F)c2)nc2ccccc12. The Hall–Kier alpha value is -3.92. The number of aryl methyl sites for hydroxylation is 1. The summed E-state index contributed by atoms with van der Waals surface area (Å²) in [6.07, 6.45) is -2.60. The summed E-state index contributed by atoms with van der Waals surface area (Å²) in [6, 6.07) is 13.9. The van der Waals surface area contributed by atoms with E-state index in [1.807, 2.05) is 57.1 Å². The normalized spacial score (nSPS) is 12.6. The molecule has 0 aliphatic heterocycles. The number of hydrogen-bond donors (Lipinski definition) is 1. The average molecular weight is 512 g/mol. The fourth-order valence-electron chi connectivity index (χ4n) is 3.94. The molecule has 4 aromatic rings. The summed E-state index contributed by atoms with van der Waals surface area (Å²) in [6.45, 7) is 4.91. The number of para-hydroxylation sites is 1. The molecule has 10 heteroatoms. The predicted octanol–water partition coefficient (Wildman–Crippen LogP) is 5.31. The highest BCUT2D eigenvalue weighted by Gasteiger charge is 2.32. The maximum absolute atomic E-state index is 13.3. The van der Waals surface area contributed by atoms with Gasteiger partial charge in [0, 0.05) is 29.3 Å². The van der Waals surface area contributed by atoms with Crippen molar-refractivity contribution in [2.24, 2.45) is 0 Å². The van der Waals surface area contributed by atoms with Crippen LogP contribution in [-0.4, -0.2) is 52.8 Å². The van der Waals surface area contributed by atoms with Gasteiger partial charge in [-0.1, -0.05) is 24.3 Å². The summed E-state index contributed by atoms with van der Waals surface area (Å²) in [7, 11) is 3.91. The molecule has 194 valence electrons. The van der Waals surface area contributed by atoms with Crippen LogP contribution in [0, 0.1) is 6.92 Å². The number of rotatable bonds is 8. The Labute approximate surface area is 212 Å². The van der Waals surface area contributed by atoms with Crippen molar-refractivity contribution in [1.82, 2.24) is 25.0 Å². The molecular weight excluding hydrogens is 483 g/mol. The number of ether oxygens (including phenoxy) is 1. The van der Waals surface area contributed by atoms with Crippen molar-refractivity contribution in [2.75, 3.05) is 27.2 Å². The minimum atomic E-state index is -4.62. The van der Waals surface area contributed by atoms with E-state index in [-0.39, 0.29) is 16.2 Å². The van der Waals surface area contributed by atoms with Crippen LogP contribution in [0.5, 0.6) is 5.75 Å². The van der Waals surface area contributed by atoms with Crippen molar-refractivity contribution in [3.8, 4) is 17.0 Å². The molecule has 1 atom stereocenters. The number of likely N-dealkylation sites (N-methyl/N-ethyl adjacent to an activating group) is 1. The summed E-state index contributed by atoms with van der Waals surface area (Å²) in [5.41, 5.74) is 3.16. The van der Waals surface area contributed by atoms with Crippen molar-refractivity contribution in [3.63, 3.8) is 0 Å². The van der Waals surface area contributed by atoms with E-state index >= 15 is 0 Å². The van der Waals surface area contributed by atoms with E-state index in [2.05, 4.69) is 15.4 Å². The van der Waals surface area contributed by atoms with E-state index in [9.17, 15) is 18.0 Å². The third kappa shape index (κ3) is 6.08. The summed E-state index contributed by atoms with van der Waals surface area (Å²) < 4.78 is 44.9. The molecule has 1 N–H and O–H groups in total. The zero-order valence-electron chi connectivity index (χ0n) is 21.0. The molecule has 2 aromatic carbocycles. The maximum Gasteiger partial charge on any atom is 0.504 e. The number of pyridine rings is 1. The average Bonchev–Trinajstić information content (AvgIpc) is 3.35. The van der Waals surface area contributed by atoms with Crippen LogP contribution in [0.15, 0.2) is 60.9 Å². The summed E-state index contributed by atoms with van der Waals surface area (Å²) in [5.74, 6) is 0.318. The van der Waals surface area contributed by atoms with E-state index in [1.54, 1.807) is 24.3 Å². The van der Waals surface area contributed by atoms with Crippen LogP contribution in [0.2, 0.25) is 0 Å². The molecule has 0 aliphatic rings. The first kappa shape index (κ1) is 26.2. The van der Waals surface area contributed by atoms with E-state index in [0.29, 0.717) is 29.1 Å². The second kappa shape index (κ2) is 10.6. The topological polar surface area (TPSA) is 72.3 Å². The number of carbonyl (C=O) groups is 1. The fourth-order valence-corrected chi connectivity index (χ4v) is 3.94. The highest BCUT2D eigenvalue weighted by molar-refractivity contribution is 5.96. The van der Waals surface area contributed by atoms with Crippen LogP contribution in [0.1, 0.15) is 34.5 Å². The molecule has 0 bridgehead atoms. The first-order valence-corrected chi connectivity index (χ1v) is 11.7. The molecule has 37 heavy (non-hydrogen) atoms. The lowest BCUT2D eigenvalue weighted by atomic mass is 9.99. The third-order valence-electron chi connectivity index (χ3n) is 5.96. The molecule has 2 heterocycles. The standard InChI is InChI=1S/C27H28F3N5O2/c1-17-9-10-20(37-12-11-34(3)4)13-22(17)26(36)32-18(2)23-14-25(33-24-8-6-5-7-21(23)24)19-15-31-35(16-19)27(28,29)30/h5-10,13-16,18H,11-12H2,1-4H3,(H,32,36)/t18-/m1/s1. The molecular formula is C27H28F3N5O2. The molecule has 7 nitrogen and oxygen atoms in total. The van der Waals surface area contributed by atoms with Crippen LogP contribution in [0.25, 0.3) is 22.2 Å². The van der Waals surface area contributed by atoms with Gasteiger partial charge in [0.15, 0.2) is 0 Å². The second-order valence-corrected chi connectivity index (χ2v) is 9.08. The van der Waals surface area contributed by atoms with Gasteiger partial charge >= 0.3 is 6.30 Å². The zero-order valence-corrected chi connectivity index (χ0v) is 21.0. The van der Waals surface area contributed by atoms with Crippen molar-refractivity contribution < 1.29 is 22.7 Å². The molecule has 0 spiro atoms. The van der Waals surface area contributed by atoms with Gasteiger partial charge in [0.05, 0.1) is 23.4 Å². The van der Waals surface area contributed by atoms with Crippen LogP contribution in [0.3, 0.4) is 0 Å². The Morgan fingerprint density at radius 1 is 1.16 bits per heavy atom. The Morgan fingerprint density at radius 2 is 1.92 bits per heavy atom. The lowest BCUT2D eigenvalue weighted by Crippen LogP contribution is -2.27. The Morgan fingerprint density at radius 3 is 2.62 bits per heavy atom. The smallest absolute Gasteiger partial charge is 0.492 e. The van der Waals surface area contributed by atoms with Gasteiger partial charge in [-0.05, 0) is 63.3 Å². The molecule has 0 saturated carbocycles. The Balaban J connectivity index is 1.62. The molecule has 0 saturated heterocycles. The summed E-state index contributed by atoms with van der Waals surface area (Å²) in [4.78, 5) is 19.8. The predicted molar refractivity (Wildman–Crippen MR) is 135 cm³/mol. The van der Waals surface area contributed by atoms with E-state index in [0.717, 1.165) is 35.5 Å². The minimum Gasteiger partial charge on any atom is -0.492 e. The minimum absolute atomic E-state index is 0.0551. The maximum atomic E-state index is 13.3. The fraction of sp³-hybridized carbons (Fsp3) is 0.296. The van der Waals surface area contributed by atoms with Crippen molar-refractivity contribution in [2.45, 2.75) is 26.2 Å². The highest BCUT2D eigenvalue weighted by atomic mass is 19.4. The van der Waals surface area contributed by atoms with Gasteiger partial charge in [0.25, 0.3) is 5.91 Å². The number of nitrogens with one attached hydrogen (secondary N) is 1. The largest absolute Gasteiger partial charge is 0.504 e. The van der Waals surface area contributed by atoms with Gasteiger partial charge < -0.3 is 15.0 Å². The Kier molecular flexibility index (Phi) is 7.49. The number of hydrogen-bond acceptors (Lipinski definition) is 5. The van der Waals surface area contributed by atoms with Gasteiger partial charge in [0.2, 0.25) is 0 Å². The molecule has 0 fully saturated rings. The summed E-state index contributed by atoms with van der Waals surface area (Å²) >= 11 is 0. The second-order valence-electron chi connectivity index (χ2n) is 9.08. The number of halogens is 3. The number of amides is 1. The van der Waals surface area contributed by atoms with E-state index in [4.69, 9.17) is 4.74 Å². The van der Waals surface area contributed by atoms with Crippen molar-refractivity contribution in [3.05, 3.63) is 77.6 Å². The van der Waals surface area contributed by atoms with Crippen LogP contribution in [-0.2, 0) is 6.30 Å². The number of aromatic nitrogens is 3. The van der Waals surface area contributed by atoms with Crippen LogP contribution >= 0.6 is 0 Å². The molecule has 0 aliphatic carbocycles. The molecule has 1 amide bonds. The quantitative estimate of drug-likeness (QED) is 0.347. The molecule has 0 radical (unpaired) electrons. The van der Waals surface area contributed by atoms with Gasteiger partial charge in [-0.3, -0.25) is 4.79 Å². The van der Waals surface area contributed by atoms with Gasteiger partial charge in [0.1, 0.15) is 12.4 Å². The van der Waals surface area contributed by atoms with Gasteiger partial charge in [-0.25, -0.2) is 4.98 Å². The Bertz CT molecular complexity index is 1410. The number of benzene rings is 2. The lowest BCUT2D eigenvalue weighted by Gasteiger charge is -2.19. The van der Waals surface area contributed by atoms with Crippen LogP contribution < -0.4 is 10.1 Å². The van der Waals surface area contributed by atoms with Crippen molar-refractivity contribution in [1.29, 1.82) is 0 Å². The molecule has 0 unspecified atom stereocenters. The lowest BCUT2D eigenvalue weighted by molar-refractivity contribution is -0.212. The third-order valence-corrected chi connectivity index (χ3v) is 5.96. The first-order valence-electron chi connectivity index (χ1n) is 11.7.